The van der Waals surface area contributed by atoms with E-state index in [-0.39, 0.29) is 56.6 Å². The first-order valence-corrected chi connectivity index (χ1v) is 4.16. The van der Waals surface area contributed by atoms with E-state index in [1.54, 1.807) is 0 Å². The molecule has 0 fully saturated rings. The van der Waals surface area contributed by atoms with Gasteiger partial charge in [-0.1, -0.05) is 0 Å². The summed E-state index contributed by atoms with van der Waals surface area (Å²) >= 11 is 0. The molecule has 0 saturated carbocycles. The first-order chi connectivity index (χ1) is 5.65. The van der Waals surface area contributed by atoms with Gasteiger partial charge in [0.2, 0.25) is 12.2 Å². The van der Waals surface area contributed by atoms with Gasteiger partial charge in [0.05, 0.1) is 22.0 Å². The van der Waals surface area contributed by atoms with Crippen LogP contribution in [0.25, 0.3) is 0 Å². The van der Waals surface area contributed by atoms with Crippen molar-refractivity contribution >= 4 is 41.4 Å². The van der Waals surface area contributed by atoms with Crippen molar-refractivity contribution in [2.75, 3.05) is 0 Å². The minimum Gasteiger partial charge on any atom is -0.907 e. The molecule has 0 radical (unpaired) electrons. The van der Waals surface area contributed by atoms with Crippen LogP contribution in [0.5, 0.6) is 0 Å². The Morgan fingerprint density at radius 1 is 0.867 bits per heavy atom. The van der Waals surface area contributed by atoms with E-state index in [9.17, 15) is 9.59 Å². The Balaban J connectivity index is -0.0000000424. The number of rotatable bonds is 3. The van der Waals surface area contributed by atoms with Gasteiger partial charge in [-0.2, -0.15) is 0 Å². The van der Waals surface area contributed by atoms with Gasteiger partial charge < -0.3 is 15.1 Å². The van der Waals surface area contributed by atoms with Crippen molar-refractivity contribution in [2.45, 2.75) is 0 Å². The summed E-state index contributed by atoms with van der Waals surface area (Å²) < 4.78 is 6.02. The fourth-order valence-electron chi connectivity index (χ4n) is 0.0638. The van der Waals surface area contributed by atoms with Crippen LogP contribution in [-0.4, -0.2) is 19.5 Å². The van der Waals surface area contributed by atoms with Gasteiger partial charge in [0.25, 0.3) is 0 Å². The Hall–Kier alpha value is 1.20. The van der Waals surface area contributed by atoms with Crippen LogP contribution in [0.1, 0.15) is 0 Å². The molecule has 0 aromatic carbocycles. The van der Waals surface area contributed by atoms with Crippen LogP contribution in [0.2, 0.25) is 0 Å². The molecule has 66 valence electrons. The van der Waals surface area contributed by atoms with Gasteiger partial charge in [-0.15, -0.1) is 8.80 Å². The third-order valence-corrected chi connectivity index (χ3v) is 1.19. The Morgan fingerprint density at radius 3 is 1.20 bits per heavy atom. The minimum atomic E-state index is -2.92. The van der Waals surface area contributed by atoms with Crippen molar-refractivity contribution in [2.24, 2.45) is 8.80 Å². The molecule has 0 atom stereocenters. The molecule has 15 heavy (non-hydrogen) atoms. The van der Waals surface area contributed by atoms with Gasteiger partial charge in [-0.05, 0) is 0 Å². The standard InChI is InChI=1S/C2N2O2S2.BO3.3Li/c5-1-3-7-8-4-2-6;2-1(3)4;;;/q;-3;3*+1. The molecule has 0 saturated heterocycles. The second kappa shape index (κ2) is 29.5. The fourth-order valence-corrected chi connectivity index (χ4v) is 0.574. The molecule has 0 heterocycles. The summed E-state index contributed by atoms with van der Waals surface area (Å²) in [7, 11) is -1.38. The Bertz CT molecular complexity index is 178. The molecule has 0 unspecified atom stereocenters. The molecule has 0 N–H and O–H groups in total. The maximum Gasteiger partial charge on any atom is 1.00 e. The van der Waals surface area contributed by atoms with Gasteiger partial charge in [-0.25, -0.2) is 9.59 Å². The molecule has 0 aromatic rings. The summed E-state index contributed by atoms with van der Waals surface area (Å²) in [4.78, 5) is 18.6. The average molecular weight is 228 g/mol. The summed E-state index contributed by atoms with van der Waals surface area (Å²) in [6, 6.07) is 0. The summed E-state index contributed by atoms with van der Waals surface area (Å²) in [5, 5.41) is 25.2. The van der Waals surface area contributed by atoms with Crippen molar-refractivity contribution in [1.29, 1.82) is 0 Å². The van der Waals surface area contributed by atoms with E-state index in [1.165, 1.54) is 12.2 Å². The molecule has 0 aromatic heterocycles. The molecule has 0 aliphatic heterocycles. The van der Waals surface area contributed by atoms with Crippen molar-refractivity contribution in [1.82, 2.24) is 0 Å². The summed E-state index contributed by atoms with van der Waals surface area (Å²) in [6.45, 7) is 0. The molecule has 0 amide bonds. The zero-order chi connectivity index (χ0) is 9.82. The predicted octanol–water partition coefficient (Wildman–Crippen LogP) is -12.1. The summed E-state index contributed by atoms with van der Waals surface area (Å²) in [5.41, 5.74) is 0. The van der Waals surface area contributed by atoms with Crippen LogP contribution >= 0.6 is 22.0 Å². The van der Waals surface area contributed by atoms with E-state index in [0.29, 0.717) is 0 Å². The molecule has 0 spiro atoms. The fraction of sp³-hybridized carbons (Fsp3) is 0. The average Bonchev–Trinajstić information content (AvgIpc) is 1.97. The van der Waals surface area contributed by atoms with E-state index < -0.39 is 7.32 Å². The van der Waals surface area contributed by atoms with Gasteiger partial charge >= 0.3 is 56.6 Å². The maximum absolute atomic E-state index is 9.30. The molecule has 0 bridgehead atoms. The second-order valence-electron chi connectivity index (χ2n) is 0.803. The molecule has 0 aliphatic rings. The van der Waals surface area contributed by atoms with Crippen LogP contribution in [-0.2, 0) is 9.59 Å². The topological polar surface area (TPSA) is 128 Å². The van der Waals surface area contributed by atoms with E-state index >= 15 is 0 Å². The van der Waals surface area contributed by atoms with Crippen LogP contribution < -0.4 is 71.7 Å². The normalized spacial score (nSPS) is 5.27. The van der Waals surface area contributed by atoms with Crippen LogP contribution in [0.4, 0.5) is 0 Å². The van der Waals surface area contributed by atoms with Crippen molar-refractivity contribution in [3.05, 3.63) is 0 Å². The van der Waals surface area contributed by atoms with E-state index in [4.69, 9.17) is 15.1 Å². The minimum absolute atomic E-state index is 0. The van der Waals surface area contributed by atoms with Gasteiger partial charge in [0.15, 0.2) is 0 Å². The Labute approximate surface area is 130 Å². The molecule has 0 aliphatic carbocycles. The maximum atomic E-state index is 9.30. The smallest absolute Gasteiger partial charge is 0.907 e. The van der Waals surface area contributed by atoms with Crippen LogP contribution in [0.15, 0.2) is 8.80 Å². The number of carbonyl (C=O) groups excluding carboxylic acids is 2. The summed E-state index contributed by atoms with van der Waals surface area (Å²) in [5.74, 6) is 0. The van der Waals surface area contributed by atoms with Crippen molar-refractivity contribution in [3.63, 3.8) is 0 Å². The van der Waals surface area contributed by atoms with Crippen molar-refractivity contribution < 1.29 is 81.2 Å². The summed E-state index contributed by atoms with van der Waals surface area (Å²) in [6.07, 6.45) is 2.51. The predicted molar refractivity (Wildman–Crippen MR) is 37.2 cm³/mol. The number of nitrogens with zero attached hydrogens (tertiary/aromatic N) is 2. The van der Waals surface area contributed by atoms with Gasteiger partial charge in [0, 0.05) is 0 Å². The quantitative estimate of drug-likeness (QED) is 0.117. The molecule has 0 rings (SSSR count). The number of hydrogen-bond acceptors (Lipinski definition) is 9. The SMILES string of the molecule is O=C=NSSN=C=O.[Li+].[Li+].[Li+].[O-]B([O-])[O-]. The number of isocyanates is 2. The Kier molecular flexibility index (Phi) is 58.6. The van der Waals surface area contributed by atoms with Gasteiger partial charge in [0.1, 0.15) is 0 Å². The zero-order valence-electron chi connectivity index (χ0n) is 8.33. The van der Waals surface area contributed by atoms with E-state index in [2.05, 4.69) is 8.80 Å². The second-order valence-corrected chi connectivity index (χ2v) is 2.36. The largest absolute Gasteiger partial charge is 1.00 e. The third-order valence-electron chi connectivity index (χ3n) is 0.182. The Morgan fingerprint density at radius 2 is 1.07 bits per heavy atom. The number of hydrogen-bond donors (Lipinski definition) is 0. The first kappa shape index (κ1) is 29.8. The first-order valence-electron chi connectivity index (χ1n) is 2.09. The third kappa shape index (κ3) is 68.9. The molecule has 7 nitrogen and oxygen atoms in total. The van der Waals surface area contributed by atoms with E-state index in [1.807, 2.05) is 0 Å². The van der Waals surface area contributed by atoms with Crippen LogP contribution in [0, 0.1) is 0 Å². The molecular formula is C2BLi3N2O5S2. The van der Waals surface area contributed by atoms with Gasteiger partial charge in [-0.3, -0.25) is 7.32 Å². The molecular weight excluding hydrogens is 228 g/mol. The van der Waals surface area contributed by atoms with E-state index in [0.717, 1.165) is 22.0 Å². The monoisotopic (exact) mass is 228 g/mol. The zero-order valence-corrected chi connectivity index (χ0v) is 9.96. The van der Waals surface area contributed by atoms with Crippen molar-refractivity contribution in [3.8, 4) is 0 Å². The molecule has 13 heteroatoms. The van der Waals surface area contributed by atoms with Crippen LogP contribution in [0.3, 0.4) is 0 Å².